The number of anilines is 1. The number of hydrogen-bond acceptors (Lipinski definition) is 5. The fraction of sp³-hybridized carbons (Fsp3) is 0.278. The molecule has 0 saturated heterocycles. The van der Waals surface area contributed by atoms with E-state index >= 15 is 0 Å². The number of halogens is 1. The van der Waals surface area contributed by atoms with Gasteiger partial charge in [0.2, 0.25) is 0 Å². The summed E-state index contributed by atoms with van der Waals surface area (Å²) in [7, 11) is 0. The van der Waals surface area contributed by atoms with Crippen LogP contribution in [0.25, 0.3) is 0 Å². The van der Waals surface area contributed by atoms with Crippen LogP contribution in [-0.4, -0.2) is 18.0 Å². The minimum Gasteiger partial charge on any atom is -0.453 e. The summed E-state index contributed by atoms with van der Waals surface area (Å²) in [5.41, 5.74) is 0.763. The summed E-state index contributed by atoms with van der Waals surface area (Å²) in [5.74, 6) is -0.857. The molecule has 0 aliphatic heterocycles. The number of aryl methyl sites for hydroxylation is 1. The van der Waals surface area contributed by atoms with Gasteiger partial charge in [0, 0.05) is 17.0 Å². The largest absolute Gasteiger partial charge is 0.453 e. The van der Waals surface area contributed by atoms with Crippen molar-refractivity contribution in [1.82, 2.24) is 0 Å². The number of carbonyl (C=O) groups is 2. The lowest BCUT2D eigenvalue weighted by Crippen LogP contribution is -2.29. The number of hydrogen-bond donors (Lipinski definition) is 1. The molecular formula is C18H17ClN2O3S. The van der Waals surface area contributed by atoms with Crippen molar-refractivity contribution in [2.24, 2.45) is 0 Å². The molecule has 7 heteroatoms. The van der Waals surface area contributed by atoms with Crippen LogP contribution in [0.15, 0.2) is 35.7 Å². The number of carbonyl (C=O) groups excluding carboxylic acids is 2. The summed E-state index contributed by atoms with van der Waals surface area (Å²) in [5, 5.41) is 13.7. The van der Waals surface area contributed by atoms with Gasteiger partial charge in [0.25, 0.3) is 5.91 Å². The number of nitriles is 1. The molecule has 25 heavy (non-hydrogen) atoms. The predicted molar refractivity (Wildman–Crippen MR) is 97.6 cm³/mol. The van der Waals surface area contributed by atoms with Gasteiger partial charge in [-0.1, -0.05) is 17.7 Å². The SMILES string of the molecule is C[C@H](OC(=O)CCCc1cccs1)C(=O)Nc1ccc(C#N)c(Cl)c1. The highest BCUT2D eigenvalue weighted by Crippen LogP contribution is 2.20. The molecule has 1 aromatic carbocycles. The molecular weight excluding hydrogens is 360 g/mol. The molecule has 1 N–H and O–H groups in total. The summed E-state index contributed by atoms with van der Waals surface area (Å²) >= 11 is 7.57. The lowest BCUT2D eigenvalue weighted by Gasteiger charge is -2.13. The lowest BCUT2D eigenvalue weighted by atomic mass is 10.2. The van der Waals surface area contributed by atoms with Gasteiger partial charge in [-0.15, -0.1) is 11.3 Å². The van der Waals surface area contributed by atoms with Gasteiger partial charge in [-0.25, -0.2) is 0 Å². The second-order valence-corrected chi connectivity index (χ2v) is 6.80. The zero-order valence-corrected chi connectivity index (χ0v) is 15.2. The van der Waals surface area contributed by atoms with Crippen molar-refractivity contribution in [3.63, 3.8) is 0 Å². The number of nitrogens with zero attached hydrogens (tertiary/aromatic N) is 1. The summed E-state index contributed by atoms with van der Waals surface area (Å²) in [4.78, 5) is 25.1. The maximum atomic E-state index is 12.1. The first-order valence-corrected chi connectivity index (χ1v) is 8.97. The van der Waals surface area contributed by atoms with Crippen LogP contribution in [0, 0.1) is 11.3 Å². The number of benzene rings is 1. The van der Waals surface area contributed by atoms with Gasteiger partial charge >= 0.3 is 5.97 Å². The van der Waals surface area contributed by atoms with Crippen LogP contribution in [-0.2, 0) is 20.7 Å². The zero-order chi connectivity index (χ0) is 18.2. The molecule has 0 fully saturated rings. The predicted octanol–water partition coefficient (Wildman–Crippen LogP) is 4.17. The van der Waals surface area contributed by atoms with Crippen LogP contribution in [0.5, 0.6) is 0 Å². The summed E-state index contributed by atoms with van der Waals surface area (Å²) in [6.45, 7) is 1.51. The highest BCUT2D eigenvalue weighted by molar-refractivity contribution is 7.09. The minimum absolute atomic E-state index is 0.249. The molecule has 0 bridgehead atoms. The third-order valence-corrected chi connectivity index (χ3v) is 4.67. The smallest absolute Gasteiger partial charge is 0.306 e. The van der Waals surface area contributed by atoms with E-state index in [9.17, 15) is 9.59 Å². The Morgan fingerprint density at radius 3 is 2.84 bits per heavy atom. The van der Waals surface area contributed by atoms with Gasteiger partial charge in [0.05, 0.1) is 10.6 Å². The molecule has 0 unspecified atom stereocenters. The maximum Gasteiger partial charge on any atom is 0.306 e. The van der Waals surface area contributed by atoms with Crippen molar-refractivity contribution >= 4 is 40.5 Å². The molecule has 1 aromatic heterocycles. The van der Waals surface area contributed by atoms with Gasteiger partial charge < -0.3 is 10.1 Å². The van der Waals surface area contributed by atoms with E-state index < -0.39 is 18.0 Å². The molecule has 2 rings (SSSR count). The molecule has 0 spiro atoms. The molecule has 2 aromatic rings. The summed E-state index contributed by atoms with van der Waals surface area (Å²) in [6, 6.07) is 10.5. The Labute approximate surface area is 155 Å². The quantitative estimate of drug-likeness (QED) is 0.735. The first-order valence-electron chi connectivity index (χ1n) is 7.72. The molecule has 1 amide bonds. The summed E-state index contributed by atoms with van der Waals surface area (Å²) in [6.07, 6.45) is 0.845. The Hall–Kier alpha value is -2.36. The van der Waals surface area contributed by atoms with E-state index in [1.165, 1.54) is 23.9 Å². The number of ether oxygens (including phenoxy) is 1. The second kappa shape index (κ2) is 9.21. The average molecular weight is 377 g/mol. The van der Waals surface area contributed by atoms with Gasteiger partial charge in [-0.3, -0.25) is 9.59 Å². The third-order valence-electron chi connectivity index (χ3n) is 3.42. The van der Waals surface area contributed by atoms with Crippen molar-refractivity contribution in [3.8, 4) is 6.07 Å². The number of amides is 1. The van der Waals surface area contributed by atoms with Crippen molar-refractivity contribution in [2.45, 2.75) is 32.3 Å². The molecule has 1 atom stereocenters. The normalized spacial score (nSPS) is 11.4. The van der Waals surface area contributed by atoms with Crippen molar-refractivity contribution < 1.29 is 14.3 Å². The van der Waals surface area contributed by atoms with Gasteiger partial charge in [-0.2, -0.15) is 5.26 Å². The van der Waals surface area contributed by atoms with E-state index in [0.717, 1.165) is 6.42 Å². The monoisotopic (exact) mass is 376 g/mol. The zero-order valence-electron chi connectivity index (χ0n) is 13.6. The molecule has 5 nitrogen and oxygen atoms in total. The highest BCUT2D eigenvalue weighted by atomic mass is 35.5. The van der Waals surface area contributed by atoms with E-state index in [1.807, 2.05) is 23.6 Å². The Morgan fingerprint density at radius 1 is 1.40 bits per heavy atom. The third kappa shape index (κ3) is 5.89. The molecule has 0 aliphatic rings. The highest BCUT2D eigenvalue weighted by Gasteiger charge is 2.18. The topological polar surface area (TPSA) is 79.2 Å². The van der Waals surface area contributed by atoms with Gasteiger partial charge in [0.1, 0.15) is 6.07 Å². The van der Waals surface area contributed by atoms with Crippen LogP contribution >= 0.6 is 22.9 Å². The summed E-state index contributed by atoms with van der Waals surface area (Å²) < 4.78 is 5.15. The second-order valence-electron chi connectivity index (χ2n) is 5.36. The van der Waals surface area contributed by atoms with Crippen molar-refractivity contribution in [3.05, 3.63) is 51.2 Å². The number of thiophene rings is 1. The minimum atomic E-state index is -0.913. The van der Waals surface area contributed by atoms with E-state index in [1.54, 1.807) is 17.4 Å². The number of rotatable bonds is 7. The van der Waals surface area contributed by atoms with E-state index in [-0.39, 0.29) is 11.4 Å². The molecule has 0 radical (unpaired) electrons. The van der Waals surface area contributed by atoms with Crippen LogP contribution in [0.4, 0.5) is 5.69 Å². The van der Waals surface area contributed by atoms with Crippen LogP contribution in [0.1, 0.15) is 30.2 Å². The van der Waals surface area contributed by atoms with Crippen LogP contribution in [0.2, 0.25) is 5.02 Å². The van der Waals surface area contributed by atoms with Gasteiger partial charge in [0.15, 0.2) is 6.10 Å². The maximum absolute atomic E-state index is 12.1. The molecule has 0 saturated carbocycles. The first kappa shape index (κ1) is 19.0. The Morgan fingerprint density at radius 2 is 2.20 bits per heavy atom. The van der Waals surface area contributed by atoms with E-state index in [2.05, 4.69) is 5.32 Å². The lowest BCUT2D eigenvalue weighted by molar-refractivity contribution is -0.153. The Kier molecular flexibility index (Phi) is 6.99. The number of esters is 1. The van der Waals surface area contributed by atoms with Crippen LogP contribution < -0.4 is 5.32 Å². The Balaban J connectivity index is 1.78. The molecule has 130 valence electrons. The van der Waals surface area contributed by atoms with Crippen LogP contribution in [0.3, 0.4) is 0 Å². The molecule has 0 aliphatic carbocycles. The first-order chi connectivity index (χ1) is 12.0. The van der Waals surface area contributed by atoms with E-state index in [4.69, 9.17) is 21.6 Å². The fourth-order valence-electron chi connectivity index (χ4n) is 2.10. The fourth-order valence-corrected chi connectivity index (χ4v) is 3.07. The molecule has 1 heterocycles. The van der Waals surface area contributed by atoms with E-state index in [0.29, 0.717) is 17.7 Å². The number of nitrogens with one attached hydrogen (secondary N) is 1. The van der Waals surface area contributed by atoms with Gasteiger partial charge in [-0.05, 0) is 49.4 Å². The van der Waals surface area contributed by atoms with Crippen molar-refractivity contribution in [1.29, 1.82) is 5.26 Å². The standard InChI is InChI=1S/C18H17ClN2O3S/c1-12(24-17(22)6-2-4-15-5-3-9-25-15)18(23)21-14-8-7-13(11-20)16(19)10-14/h3,5,7-10,12H,2,4,6H2,1H3,(H,21,23)/t12-/m0/s1. The Bertz CT molecular complexity index is 784. The average Bonchev–Trinajstić information content (AvgIpc) is 3.08. The van der Waals surface area contributed by atoms with Crippen molar-refractivity contribution in [2.75, 3.05) is 5.32 Å².